The van der Waals surface area contributed by atoms with Gasteiger partial charge in [0.2, 0.25) is 0 Å². The second-order valence-electron chi connectivity index (χ2n) is 6.13. The lowest BCUT2D eigenvalue weighted by atomic mass is 10.0. The summed E-state index contributed by atoms with van der Waals surface area (Å²) < 4.78 is 0. The molecule has 0 aromatic heterocycles. The molecule has 0 fully saturated rings. The van der Waals surface area contributed by atoms with Gasteiger partial charge in [-0.25, -0.2) is 4.79 Å². The molecule has 3 rings (SSSR count). The zero-order chi connectivity index (χ0) is 18.4. The molecule has 0 bridgehead atoms. The highest BCUT2D eigenvalue weighted by Crippen LogP contribution is 2.26. The normalized spacial score (nSPS) is 10.8. The average molecular weight is 343 g/mol. The van der Waals surface area contributed by atoms with Crippen molar-refractivity contribution in [1.82, 2.24) is 0 Å². The molecule has 0 aliphatic heterocycles. The van der Waals surface area contributed by atoms with Crippen molar-refractivity contribution in [2.45, 2.75) is 6.92 Å². The largest absolute Gasteiger partial charge is 0.478 e. The minimum atomic E-state index is -0.935. The fourth-order valence-corrected chi connectivity index (χ4v) is 2.81. The lowest BCUT2D eigenvalue weighted by Gasteiger charge is -2.11. The smallest absolute Gasteiger partial charge is 0.337 e. The average Bonchev–Trinajstić information content (AvgIpc) is 2.66. The van der Waals surface area contributed by atoms with E-state index in [0.29, 0.717) is 12.2 Å². The van der Waals surface area contributed by atoms with Crippen LogP contribution in [-0.2, 0) is 0 Å². The molecule has 0 saturated carbocycles. The lowest BCUT2D eigenvalue weighted by Crippen LogP contribution is -2.06. The van der Waals surface area contributed by atoms with Gasteiger partial charge < -0.3 is 10.4 Å². The predicted molar refractivity (Wildman–Crippen MR) is 108 cm³/mol. The van der Waals surface area contributed by atoms with E-state index in [1.54, 1.807) is 6.07 Å². The van der Waals surface area contributed by atoms with E-state index >= 15 is 0 Å². The molecule has 3 aromatic rings. The van der Waals surface area contributed by atoms with Crippen LogP contribution in [0.5, 0.6) is 0 Å². The van der Waals surface area contributed by atoms with Gasteiger partial charge in [-0.2, -0.15) is 0 Å². The zero-order valence-electron chi connectivity index (χ0n) is 14.6. The second kappa shape index (κ2) is 8.17. The van der Waals surface area contributed by atoms with Crippen LogP contribution in [0, 0.1) is 6.92 Å². The summed E-state index contributed by atoms with van der Waals surface area (Å²) in [5.74, 6) is -0.935. The summed E-state index contributed by atoms with van der Waals surface area (Å²) in [6.07, 6.45) is 4.00. The fourth-order valence-electron chi connectivity index (χ4n) is 2.81. The van der Waals surface area contributed by atoms with Gasteiger partial charge in [0, 0.05) is 12.2 Å². The monoisotopic (exact) mass is 343 g/mol. The molecule has 0 aliphatic rings. The van der Waals surface area contributed by atoms with E-state index in [0.717, 1.165) is 16.7 Å². The Morgan fingerprint density at radius 3 is 2.46 bits per heavy atom. The first kappa shape index (κ1) is 17.5. The van der Waals surface area contributed by atoms with Crippen molar-refractivity contribution in [1.29, 1.82) is 0 Å². The zero-order valence-corrected chi connectivity index (χ0v) is 14.6. The van der Waals surface area contributed by atoms with Crippen molar-refractivity contribution in [3.63, 3.8) is 0 Å². The molecular formula is C23H21NO2. The van der Waals surface area contributed by atoms with Crippen LogP contribution in [0.4, 0.5) is 5.69 Å². The Balaban J connectivity index is 1.81. The molecule has 0 unspecified atom stereocenters. The third-order valence-electron chi connectivity index (χ3n) is 4.12. The summed E-state index contributed by atoms with van der Waals surface area (Å²) in [6, 6.07) is 23.6. The van der Waals surface area contributed by atoms with Gasteiger partial charge in [0.1, 0.15) is 0 Å². The molecular weight excluding hydrogens is 322 g/mol. The van der Waals surface area contributed by atoms with Crippen molar-refractivity contribution in [3.05, 3.63) is 95.6 Å². The summed E-state index contributed by atoms with van der Waals surface area (Å²) >= 11 is 0. The molecule has 130 valence electrons. The summed E-state index contributed by atoms with van der Waals surface area (Å²) in [5.41, 5.74) is 5.24. The molecule has 3 aromatic carbocycles. The Labute approximate surface area is 153 Å². The maximum absolute atomic E-state index is 11.5. The molecule has 2 N–H and O–H groups in total. The Kier molecular flexibility index (Phi) is 5.49. The standard InChI is InChI=1S/C23H21NO2/c1-17-7-5-11-19(15-17)20-12-13-21(23(25)26)22(16-20)24-14-6-10-18-8-3-2-4-9-18/h2-13,15-16,24H,14H2,1H3,(H,25,26)/b10-6+. The fraction of sp³-hybridized carbons (Fsp3) is 0.0870. The van der Waals surface area contributed by atoms with E-state index in [4.69, 9.17) is 0 Å². The molecule has 0 spiro atoms. The minimum Gasteiger partial charge on any atom is -0.478 e. The summed E-state index contributed by atoms with van der Waals surface area (Å²) in [4.78, 5) is 11.5. The number of aryl methyl sites for hydroxylation is 1. The number of hydrogen-bond acceptors (Lipinski definition) is 2. The quantitative estimate of drug-likeness (QED) is 0.622. The van der Waals surface area contributed by atoms with Crippen LogP contribution >= 0.6 is 0 Å². The van der Waals surface area contributed by atoms with Crippen LogP contribution in [-0.4, -0.2) is 17.6 Å². The Hall–Kier alpha value is -3.33. The Bertz CT molecular complexity index is 930. The van der Waals surface area contributed by atoms with Crippen LogP contribution < -0.4 is 5.32 Å². The third-order valence-corrected chi connectivity index (χ3v) is 4.12. The predicted octanol–water partition coefficient (Wildman–Crippen LogP) is 5.49. The number of anilines is 1. The summed E-state index contributed by atoms with van der Waals surface area (Å²) in [6.45, 7) is 2.59. The second-order valence-corrected chi connectivity index (χ2v) is 6.13. The molecule has 0 aliphatic carbocycles. The van der Waals surface area contributed by atoms with Crippen LogP contribution in [0.25, 0.3) is 17.2 Å². The lowest BCUT2D eigenvalue weighted by molar-refractivity contribution is 0.0698. The molecule has 0 atom stereocenters. The van der Waals surface area contributed by atoms with Gasteiger partial charge in [0.25, 0.3) is 0 Å². The molecule has 3 heteroatoms. The summed E-state index contributed by atoms with van der Waals surface area (Å²) in [5, 5.41) is 12.7. The van der Waals surface area contributed by atoms with Crippen molar-refractivity contribution in [2.24, 2.45) is 0 Å². The van der Waals surface area contributed by atoms with Gasteiger partial charge in [-0.1, -0.05) is 78.4 Å². The number of hydrogen-bond donors (Lipinski definition) is 2. The maximum Gasteiger partial charge on any atom is 0.337 e. The van der Waals surface area contributed by atoms with Gasteiger partial charge in [-0.05, 0) is 35.7 Å². The number of carboxylic acids is 1. The van der Waals surface area contributed by atoms with E-state index in [1.165, 1.54) is 5.56 Å². The van der Waals surface area contributed by atoms with Crippen molar-refractivity contribution < 1.29 is 9.90 Å². The van der Waals surface area contributed by atoms with Crippen molar-refractivity contribution in [2.75, 3.05) is 11.9 Å². The third kappa shape index (κ3) is 4.39. The molecule has 0 radical (unpaired) electrons. The first-order chi connectivity index (χ1) is 12.6. The van der Waals surface area contributed by atoms with E-state index in [2.05, 4.69) is 11.4 Å². The molecule has 3 nitrogen and oxygen atoms in total. The topological polar surface area (TPSA) is 49.3 Å². The Morgan fingerprint density at radius 1 is 0.962 bits per heavy atom. The van der Waals surface area contributed by atoms with Crippen molar-refractivity contribution in [3.8, 4) is 11.1 Å². The van der Waals surface area contributed by atoms with Gasteiger partial charge in [0.05, 0.1) is 5.56 Å². The Morgan fingerprint density at radius 2 is 1.73 bits per heavy atom. The molecule has 0 heterocycles. The van der Waals surface area contributed by atoms with Crippen LogP contribution in [0.3, 0.4) is 0 Å². The van der Waals surface area contributed by atoms with E-state index in [1.807, 2.05) is 79.7 Å². The highest BCUT2D eigenvalue weighted by atomic mass is 16.4. The van der Waals surface area contributed by atoms with Gasteiger partial charge in [-0.3, -0.25) is 0 Å². The van der Waals surface area contributed by atoms with Crippen molar-refractivity contribution >= 4 is 17.7 Å². The number of carboxylic acid groups (broad SMARTS) is 1. The maximum atomic E-state index is 11.5. The van der Waals surface area contributed by atoms with Crippen LogP contribution in [0.1, 0.15) is 21.5 Å². The number of nitrogens with one attached hydrogen (secondary N) is 1. The number of aromatic carboxylic acids is 1. The molecule has 0 amide bonds. The number of carbonyl (C=O) groups is 1. The number of benzene rings is 3. The van der Waals surface area contributed by atoms with E-state index in [9.17, 15) is 9.90 Å². The molecule has 0 saturated heterocycles. The first-order valence-electron chi connectivity index (χ1n) is 8.53. The summed E-state index contributed by atoms with van der Waals surface area (Å²) in [7, 11) is 0. The minimum absolute atomic E-state index is 0.273. The van der Waals surface area contributed by atoms with Gasteiger partial charge in [-0.15, -0.1) is 0 Å². The first-order valence-corrected chi connectivity index (χ1v) is 8.53. The highest BCUT2D eigenvalue weighted by molar-refractivity contribution is 5.95. The van der Waals surface area contributed by atoms with Crippen LogP contribution in [0.2, 0.25) is 0 Å². The molecule has 26 heavy (non-hydrogen) atoms. The SMILES string of the molecule is Cc1cccc(-c2ccc(C(=O)O)c(NC/C=C/c3ccccc3)c2)c1. The van der Waals surface area contributed by atoms with Gasteiger partial charge in [0.15, 0.2) is 0 Å². The van der Waals surface area contributed by atoms with E-state index in [-0.39, 0.29) is 5.56 Å². The highest BCUT2D eigenvalue weighted by Gasteiger charge is 2.11. The van der Waals surface area contributed by atoms with Crippen LogP contribution in [0.15, 0.2) is 78.9 Å². The number of rotatable bonds is 6. The van der Waals surface area contributed by atoms with Gasteiger partial charge >= 0.3 is 5.97 Å². The van der Waals surface area contributed by atoms with E-state index < -0.39 is 5.97 Å².